The van der Waals surface area contributed by atoms with Crippen LogP contribution in [0.2, 0.25) is 0 Å². The molecule has 1 amide bonds. The average Bonchev–Trinajstić information content (AvgIpc) is 2.90. The van der Waals surface area contributed by atoms with Gasteiger partial charge in [0.15, 0.2) is 0 Å². The van der Waals surface area contributed by atoms with E-state index in [9.17, 15) is 35.9 Å². The molecule has 0 spiro atoms. The standard InChI is InChI=1S/C14H11F6NO4S/c15-13(16,17)12(14(18,19)20)25-10(22)9(26-12)6-21-11(23)24-7-8-4-2-1-3-5-8/h1-5,9H,6-7H2,(H,21,23). The molecule has 12 heteroatoms. The predicted molar refractivity (Wildman–Crippen MR) is 76.9 cm³/mol. The summed E-state index contributed by atoms with van der Waals surface area (Å²) in [5, 5.41) is 0.0619. The normalized spacial score (nSPS) is 19.8. The van der Waals surface area contributed by atoms with Gasteiger partial charge in [-0.25, -0.2) is 4.79 Å². The molecule has 1 unspecified atom stereocenters. The van der Waals surface area contributed by atoms with Crippen LogP contribution in [0.3, 0.4) is 0 Å². The number of alkyl halides is 6. The lowest BCUT2D eigenvalue weighted by Gasteiger charge is -2.30. The summed E-state index contributed by atoms with van der Waals surface area (Å²) in [6.07, 6.45) is -12.8. The molecule has 0 saturated carbocycles. The Morgan fingerprint density at radius 1 is 1.15 bits per heavy atom. The minimum absolute atomic E-state index is 0.163. The van der Waals surface area contributed by atoms with Gasteiger partial charge in [0, 0.05) is 6.54 Å². The molecule has 0 radical (unpaired) electrons. The first kappa shape index (κ1) is 20.2. The molecular weight excluding hydrogens is 392 g/mol. The van der Waals surface area contributed by atoms with Gasteiger partial charge in [-0.05, 0) is 5.56 Å². The molecule has 1 saturated heterocycles. The summed E-state index contributed by atoms with van der Waals surface area (Å²) in [4.78, 5) is 18.3. The summed E-state index contributed by atoms with van der Waals surface area (Å²) in [6, 6.07) is 8.35. The van der Waals surface area contributed by atoms with Crippen LogP contribution < -0.4 is 5.32 Å². The van der Waals surface area contributed by atoms with Gasteiger partial charge in [0.05, 0.1) is 0 Å². The highest BCUT2D eigenvalue weighted by Crippen LogP contribution is 2.57. The highest BCUT2D eigenvalue weighted by atomic mass is 32.2. The number of thioether (sulfide) groups is 1. The van der Waals surface area contributed by atoms with Gasteiger partial charge in [-0.2, -0.15) is 26.3 Å². The van der Waals surface area contributed by atoms with Gasteiger partial charge in [0.2, 0.25) is 0 Å². The Balaban J connectivity index is 1.94. The fourth-order valence-electron chi connectivity index (χ4n) is 1.97. The van der Waals surface area contributed by atoms with Crippen molar-refractivity contribution in [3.63, 3.8) is 0 Å². The van der Waals surface area contributed by atoms with E-state index in [2.05, 4.69) is 4.74 Å². The number of esters is 1. The van der Waals surface area contributed by atoms with Gasteiger partial charge in [0.1, 0.15) is 11.9 Å². The van der Waals surface area contributed by atoms with E-state index in [1.807, 2.05) is 5.32 Å². The fraction of sp³-hybridized carbons (Fsp3) is 0.429. The monoisotopic (exact) mass is 403 g/mol. The SMILES string of the molecule is O=C(NCC1SC(C(F)(F)F)(C(F)(F)F)OC1=O)OCc1ccccc1. The first-order valence-corrected chi connectivity index (χ1v) is 7.83. The number of alkyl carbamates (subject to hydrolysis) is 1. The Labute approximate surface area is 147 Å². The van der Waals surface area contributed by atoms with Gasteiger partial charge >= 0.3 is 29.3 Å². The topological polar surface area (TPSA) is 64.6 Å². The zero-order valence-corrected chi connectivity index (χ0v) is 13.5. The average molecular weight is 403 g/mol. The maximum absolute atomic E-state index is 12.8. The third-order valence-corrected chi connectivity index (χ3v) is 4.73. The molecule has 1 fully saturated rings. The first-order valence-electron chi connectivity index (χ1n) is 6.95. The fourth-order valence-corrected chi connectivity index (χ4v) is 3.07. The molecule has 0 aliphatic carbocycles. The first-order chi connectivity index (χ1) is 12.0. The minimum atomic E-state index is -5.87. The second kappa shape index (κ2) is 7.25. The van der Waals surface area contributed by atoms with E-state index in [-0.39, 0.29) is 6.61 Å². The van der Waals surface area contributed by atoms with E-state index in [0.29, 0.717) is 5.56 Å². The summed E-state index contributed by atoms with van der Waals surface area (Å²) in [5.74, 6) is -1.73. The number of ether oxygens (including phenoxy) is 2. The van der Waals surface area contributed by atoms with E-state index in [0.717, 1.165) is 0 Å². The Kier molecular flexibility index (Phi) is 5.64. The van der Waals surface area contributed by atoms with Crippen molar-refractivity contribution in [1.29, 1.82) is 0 Å². The highest BCUT2D eigenvalue weighted by Gasteiger charge is 2.78. The lowest BCUT2D eigenvalue weighted by Crippen LogP contribution is -2.54. The molecule has 2 rings (SSSR count). The van der Waals surface area contributed by atoms with Crippen LogP contribution in [0.5, 0.6) is 0 Å². The van der Waals surface area contributed by atoms with Crippen LogP contribution in [0.1, 0.15) is 5.56 Å². The van der Waals surface area contributed by atoms with E-state index in [4.69, 9.17) is 4.74 Å². The van der Waals surface area contributed by atoms with E-state index in [1.54, 1.807) is 30.3 Å². The molecule has 1 aromatic rings. The third kappa shape index (κ3) is 4.17. The highest BCUT2D eigenvalue weighted by molar-refractivity contribution is 8.02. The van der Waals surface area contributed by atoms with Crippen LogP contribution in [0.4, 0.5) is 31.1 Å². The van der Waals surface area contributed by atoms with Crippen molar-refractivity contribution in [2.75, 3.05) is 6.54 Å². The van der Waals surface area contributed by atoms with E-state index < -0.39 is 52.9 Å². The van der Waals surface area contributed by atoms with Crippen LogP contribution in [0.25, 0.3) is 0 Å². The van der Waals surface area contributed by atoms with Crippen molar-refractivity contribution in [3.8, 4) is 0 Å². The number of carbonyl (C=O) groups excluding carboxylic acids is 2. The zero-order valence-electron chi connectivity index (χ0n) is 12.7. The molecule has 5 nitrogen and oxygen atoms in total. The number of hydrogen-bond acceptors (Lipinski definition) is 5. The molecule has 1 N–H and O–H groups in total. The zero-order chi connectivity index (χ0) is 19.6. The van der Waals surface area contributed by atoms with Crippen LogP contribution in [-0.2, 0) is 20.9 Å². The molecule has 1 heterocycles. The summed E-state index contributed by atoms with van der Waals surface area (Å²) in [6.45, 7) is -0.977. The lowest BCUT2D eigenvalue weighted by atomic mass is 10.2. The Morgan fingerprint density at radius 2 is 1.73 bits per heavy atom. The number of amides is 1. The maximum atomic E-state index is 12.8. The quantitative estimate of drug-likeness (QED) is 0.617. The smallest absolute Gasteiger partial charge is 0.445 e. The molecule has 144 valence electrons. The van der Waals surface area contributed by atoms with Crippen molar-refractivity contribution in [1.82, 2.24) is 5.32 Å². The number of rotatable bonds is 4. The molecule has 0 bridgehead atoms. The number of halogens is 6. The van der Waals surface area contributed by atoms with Crippen molar-refractivity contribution in [2.24, 2.45) is 0 Å². The number of cyclic esters (lactones) is 1. The van der Waals surface area contributed by atoms with Gasteiger partial charge in [-0.15, -0.1) is 0 Å². The summed E-state index contributed by atoms with van der Waals surface area (Å²) < 4.78 is 85.4. The van der Waals surface area contributed by atoms with E-state index in [1.165, 1.54) is 0 Å². The third-order valence-electron chi connectivity index (χ3n) is 3.21. The molecule has 1 aliphatic rings. The van der Waals surface area contributed by atoms with Gasteiger partial charge < -0.3 is 14.8 Å². The largest absolute Gasteiger partial charge is 0.448 e. The van der Waals surface area contributed by atoms with Crippen LogP contribution in [0, 0.1) is 0 Å². The number of carbonyl (C=O) groups is 2. The molecule has 26 heavy (non-hydrogen) atoms. The Morgan fingerprint density at radius 3 is 2.23 bits per heavy atom. The Hall–Kier alpha value is -2.11. The van der Waals surface area contributed by atoms with Gasteiger partial charge in [-0.1, -0.05) is 42.1 Å². The van der Waals surface area contributed by atoms with E-state index >= 15 is 0 Å². The molecule has 1 aliphatic heterocycles. The molecular formula is C14H11F6NO4S. The van der Waals surface area contributed by atoms with Crippen LogP contribution in [-0.4, -0.2) is 41.1 Å². The molecule has 1 aromatic carbocycles. The molecule has 0 aromatic heterocycles. The Bertz CT molecular complexity index is 650. The van der Waals surface area contributed by atoms with Crippen LogP contribution in [0.15, 0.2) is 30.3 Å². The maximum Gasteiger partial charge on any atom is 0.448 e. The van der Waals surface area contributed by atoms with Gasteiger partial charge in [-0.3, -0.25) is 4.79 Å². The number of hydrogen-bond donors (Lipinski definition) is 1. The van der Waals surface area contributed by atoms with Crippen molar-refractivity contribution < 1.29 is 45.4 Å². The predicted octanol–water partition coefficient (Wildman–Crippen LogP) is 3.39. The van der Waals surface area contributed by atoms with Crippen molar-refractivity contribution >= 4 is 23.8 Å². The van der Waals surface area contributed by atoms with Gasteiger partial charge in [0.25, 0.3) is 0 Å². The number of benzene rings is 1. The number of nitrogens with one attached hydrogen (secondary N) is 1. The van der Waals surface area contributed by atoms with Crippen molar-refractivity contribution in [2.45, 2.75) is 29.1 Å². The lowest BCUT2D eigenvalue weighted by molar-refractivity contribution is -0.327. The van der Waals surface area contributed by atoms with Crippen molar-refractivity contribution in [3.05, 3.63) is 35.9 Å². The second-order valence-electron chi connectivity index (χ2n) is 5.08. The summed E-state index contributed by atoms with van der Waals surface area (Å²) >= 11 is -0.755. The van der Waals surface area contributed by atoms with Crippen LogP contribution >= 0.6 is 11.8 Å². The summed E-state index contributed by atoms with van der Waals surface area (Å²) in [5.41, 5.74) is 0.616. The molecule has 1 atom stereocenters. The minimum Gasteiger partial charge on any atom is -0.445 e. The second-order valence-corrected chi connectivity index (χ2v) is 6.46. The summed E-state index contributed by atoms with van der Waals surface area (Å²) in [7, 11) is 0.